The molecule has 0 saturated heterocycles. The van der Waals surface area contributed by atoms with Gasteiger partial charge in [-0.2, -0.15) is 0 Å². The van der Waals surface area contributed by atoms with Crippen LogP contribution in [0.5, 0.6) is 5.75 Å². The van der Waals surface area contributed by atoms with Crippen LogP contribution in [-0.2, 0) is 6.54 Å². The minimum Gasteiger partial charge on any atom is -0.497 e. The van der Waals surface area contributed by atoms with E-state index in [1.165, 1.54) is 11.1 Å². The molecule has 1 aliphatic rings. The molecule has 0 spiro atoms. The summed E-state index contributed by atoms with van der Waals surface area (Å²) in [5.74, 6) is 2.03. The van der Waals surface area contributed by atoms with Gasteiger partial charge < -0.3 is 9.64 Å². The lowest BCUT2D eigenvalue weighted by Crippen LogP contribution is -2.33. The standard InChI is InChI=1S/C19H23N3OS/c1-15(17-4-6-18(23-2)7-5-17)22(19-21-10-3-13-24-19)14-16-8-11-20-12-9-16/h4-9,11-12,15H,3,10,13-14H2,1-2H3. The van der Waals surface area contributed by atoms with Crippen LogP contribution in [0.4, 0.5) is 0 Å². The van der Waals surface area contributed by atoms with Gasteiger partial charge in [0.15, 0.2) is 5.17 Å². The Morgan fingerprint density at radius 2 is 1.92 bits per heavy atom. The Hall–Kier alpha value is -2.01. The van der Waals surface area contributed by atoms with Crippen LogP contribution in [0.2, 0.25) is 0 Å². The Bertz CT molecular complexity index is 673. The number of rotatable bonds is 5. The van der Waals surface area contributed by atoms with Crippen molar-refractivity contribution in [3.05, 3.63) is 59.9 Å². The van der Waals surface area contributed by atoms with Crippen LogP contribution in [0, 0.1) is 0 Å². The monoisotopic (exact) mass is 341 g/mol. The Morgan fingerprint density at radius 1 is 1.17 bits per heavy atom. The molecule has 1 unspecified atom stereocenters. The van der Waals surface area contributed by atoms with E-state index in [2.05, 4.69) is 41.1 Å². The van der Waals surface area contributed by atoms with Crippen LogP contribution in [0.1, 0.15) is 30.5 Å². The van der Waals surface area contributed by atoms with E-state index in [0.717, 1.165) is 36.2 Å². The van der Waals surface area contributed by atoms with Crippen molar-refractivity contribution in [2.45, 2.75) is 25.9 Å². The van der Waals surface area contributed by atoms with Crippen LogP contribution in [0.3, 0.4) is 0 Å². The average Bonchev–Trinajstić information content (AvgIpc) is 2.67. The number of aromatic nitrogens is 1. The fourth-order valence-corrected chi connectivity index (χ4v) is 3.77. The van der Waals surface area contributed by atoms with Crippen molar-refractivity contribution in [1.82, 2.24) is 9.88 Å². The fourth-order valence-electron chi connectivity index (χ4n) is 2.74. The van der Waals surface area contributed by atoms with Gasteiger partial charge in [0.2, 0.25) is 0 Å². The first-order valence-electron chi connectivity index (χ1n) is 8.24. The van der Waals surface area contributed by atoms with Crippen molar-refractivity contribution >= 4 is 16.9 Å². The highest BCUT2D eigenvalue weighted by Gasteiger charge is 2.22. The summed E-state index contributed by atoms with van der Waals surface area (Å²) in [6, 6.07) is 12.7. The van der Waals surface area contributed by atoms with Crippen LogP contribution < -0.4 is 4.74 Å². The molecule has 2 heterocycles. The van der Waals surface area contributed by atoms with E-state index in [4.69, 9.17) is 9.73 Å². The molecule has 1 aromatic carbocycles. The van der Waals surface area contributed by atoms with Gasteiger partial charge in [0.1, 0.15) is 5.75 Å². The summed E-state index contributed by atoms with van der Waals surface area (Å²) in [4.78, 5) is 11.3. The maximum atomic E-state index is 5.27. The summed E-state index contributed by atoms with van der Waals surface area (Å²) in [6.45, 7) is 3.99. The molecule has 0 amide bonds. The molecule has 1 aromatic heterocycles. The molecular weight excluding hydrogens is 318 g/mol. The molecule has 1 atom stereocenters. The highest BCUT2D eigenvalue weighted by Crippen LogP contribution is 2.29. The molecule has 2 aromatic rings. The molecule has 0 fully saturated rings. The molecule has 3 rings (SSSR count). The van der Waals surface area contributed by atoms with Crippen molar-refractivity contribution in [3.63, 3.8) is 0 Å². The number of nitrogens with zero attached hydrogens (tertiary/aromatic N) is 3. The molecule has 4 nitrogen and oxygen atoms in total. The van der Waals surface area contributed by atoms with Crippen LogP contribution in [0.25, 0.3) is 0 Å². The summed E-state index contributed by atoms with van der Waals surface area (Å²) >= 11 is 1.86. The first kappa shape index (κ1) is 16.8. The minimum absolute atomic E-state index is 0.244. The van der Waals surface area contributed by atoms with Gasteiger partial charge in [0, 0.05) is 31.2 Å². The van der Waals surface area contributed by atoms with Crippen molar-refractivity contribution in [2.75, 3.05) is 19.4 Å². The molecule has 0 bridgehead atoms. The van der Waals surface area contributed by atoms with Crippen molar-refractivity contribution in [3.8, 4) is 5.75 Å². The first-order chi connectivity index (χ1) is 11.8. The summed E-state index contributed by atoms with van der Waals surface area (Å²) < 4.78 is 5.27. The normalized spacial score (nSPS) is 15.5. The van der Waals surface area contributed by atoms with Gasteiger partial charge in [-0.1, -0.05) is 23.9 Å². The number of thioether (sulfide) groups is 1. The third-order valence-corrected chi connectivity index (χ3v) is 5.31. The summed E-state index contributed by atoms with van der Waals surface area (Å²) in [5, 5.41) is 1.14. The zero-order valence-electron chi connectivity index (χ0n) is 14.2. The minimum atomic E-state index is 0.244. The molecule has 0 saturated carbocycles. The molecule has 0 N–H and O–H groups in total. The predicted molar refractivity (Wildman–Crippen MR) is 101 cm³/mol. The van der Waals surface area contributed by atoms with Gasteiger partial charge in [0.05, 0.1) is 13.2 Å². The predicted octanol–water partition coefficient (Wildman–Crippen LogP) is 4.15. The smallest absolute Gasteiger partial charge is 0.159 e. The van der Waals surface area contributed by atoms with Gasteiger partial charge >= 0.3 is 0 Å². The number of amidine groups is 1. The number of ether oxygens (including phenoxy) is 1. The highest BCUT2D eigenvalue weighted by atomic mass is 32.2. The summed E-state index contributed by atoms with van der Waals surface area (Å²) in [6.07, 6.45) is 4.86. The second-order valence-electron chi connectivity index (χ2n) is 5.80. The summed E-state index contributed by atoms with van der Waals surface area (Å²) in [7, 11) is 1.70. The number of methoxy groups -OCH3 is 1. The van der Waals surface area contributed by atoms with E-state index < -0.39 is 0 Å². The zero-order valence-corrected chi connectivity index (χ0v) is 15.0. The lowest BCUT2D eigenvalue weighted by Gasteiger charge is -2.33. The topological polar surface area (TPSA) is 37.7 Å². The molecule has 0 radical (unpaired) electrons. The molecule has 0 aliphatic carbocycles. The molecular formula is C19H23N3OS. The van der Waals surface area contributed by atoms with Gasteiger partial charge in [-0.05, 0) is 48.7 Å². The third kappa shape index (κ3) is 4.09. The van der Waals surface area contributed by atoms with Crippen molar-refractivity contribution < 1.29 is 4.74 Å². The quantitative estimate of drug-likeness (QED) is 0.819. The molecule has 5 heteroatoms. The number of benzene rings is 1. The van der Waals surface area contributed by atoms with Crippen molar-refractivity contribution in [1.29, 1.82) is 0 Å². The lowest BCUT2D eigenvalue weighted by molar-refractivity contribution is 0.334. The van der Waals surface area contributed by atoms with Gasteiger partial charge in [-0.3, -0.25) is 9.98 Å². The van der Waals surface area contributed by atoms with Crippen LogP contribution >= 0.6 is 11.8 Å². The molecule has 126 valence electrons. The maximum absolute atomic E-state index is 5.27. The Kier molecular flexibility index (Phi) is 5.75. The number of hydrogen-bond acceptors (Lipinski definition) is 5. The summed E-state index contributed by atoms with van der Waals surface area (Å²) in [5.41, 5.74) is 2.51. The van der Waals surface area contributed by atoms with E-state index in [9.17, 15) is 0 Å². The van der Waals surface area contributed by atoms with Crippen LogP contribution in [-0.4, -0.2) is 34.5 Å². The SMILES string of the molecule is COc1ccc(C(C)N(Cc2ccncc2)C2=NCCCS2)cc1. The lowest BCUT2D eigenvalue weighted by atomic mass is 10.1. The van der Waals surface area contributed by atoms with E-state index in [1.54, 1.807) is 7.11 Å². The maximum Gasteiger partial charge on any atom is 0.159 e. The van der Waals surface area contributed by atoms with Gasteiger partial charge in [-0.25, -0.2) is 0 Å². The average molecular weight is 341 g/mol. The van der Waals surface area contributed by atoms with E-state index in [0.29, 0.717) is 0 Å². The Balaban J connectivity index is 1.86. The largest absolute Gasteiger partial charge is 0.497 e. The fraction of sp³-hybridized carbons (Fsp3) is 0.368. The molecule has 1 aliphatic heterocycles. The second kappa shape index (κ2) is 8.20. The Labute approximate surface area is 148 Å². The van der Waals surface area contributed by atoms with Gasteiger partial charge in [-0.15, -0.1) is 0 Å². The Morgan fingerprint density at radius 3 is 2.54 bits per heavy atom. The van der Waals surface area contributed by atoms with Crippen LogP contribution in [0.15, 0.2) is 53.8 Å². The number of pyridine rings is 1. The van der Waals surface area contributed by atoms with Crippen molar-refractivity contribution in [2.24, 2.45) is 4.99 Å². The molecule has 24 heavy (non-hydrogen) atoms. The van der Waals surface area contributed by atoms with E-state index >= 15 is 0 Å². The first-order valence-corrected chi connectivity index (χ1v) is 9.23. The van der Waals surface area contributed by atoms with Gasteiger partial charge in [0.25, 0.3) is 0 Å². The second-order valence-corrected chi connectivity index (χ2v) is 6.86. The van der Waals surface area contributed by atoms with E-state index in [-0.39, 0.29) is 6.04 Å². The third-order valence-electron chi connectivity index (χ3n) is 4.19. The number of aliphatic imine (C=N–C) groups is 1. The zero-order chi connectivity index (χ0) is 16.8. The van der Waals surface area contributed by atoms with E-state index in [1.807, 2.05) is 36.3 Å². The highest BCUT2D eigenvalue weighted by molar-refractivity contribution is 8.13. The number of hydrogen-bond donors (Lipinski definition) is 0.